The number of anilines is 2. The molecule has 1 aliphatic heterocycles. The summed E-state index contributed by atoms with van der Waals surface area (Å²) in [6.45, 7) is 10.6. The zero-order valence-electron chi connectivity index (χ0n) is 14.9. The summed E-state index contributed by atoms with van der Waals surface area (Å²) in [4.78, 5) is 26.7. The van der Waals surface area contributed by atoms with Gasteiger partial charge in [0.2, 0.25) is 11.8 Å². The lowest BCUT2D eigenvalue weighted by Gasteiger charge is -2.26. The summed E-state index contributed by atoms with van der Waals surface area (Å²) in [6, 6.07) is 5.89. The van der Waals surface area contributed by atoms with Crippen LogP contribution in [0.2, 0.25) is 0 Å². The first kappa shape index (κ1) is 17.5. The second-order valence-electron chi connectivity index (χ2n) is 7.30. The summed E-state index contributed by atoms with van der Waals surface area (Å²) in [5, 5.41) is 2.99. The van der Waals surface area contributed by atoms with Crippen LogP contribution in [-0.2, 0) is 16.0 Å². The number of nitrogens with one attached hydrogen (secondary N) is 1. The quantitative estimate of drug-likeness (QED) is 0.913. The molecule has 0 aromatic heterocycles. The first-order valence-corrected chi connectivity index (χ1v) is 8.53. The molecule has 0 fully saturated rings. The second-order valence-corrected chi connectivity index (χ2v) is 7.30. The first-order valence-electron chi connectivity index (χ1n) is 8.53. The number of hydrogen-bond donors (Lipinski definition) is 1. The van der Waals surface area contributed by atoms with Gasteiger partial charge in [-0.15, -0.1) is 0 Å². The lowest BCUT2D eigenvalue weighted by Crippen LogP contribution is -2.38. The number of nitrogens with zero attached hydrogens (tertiary/aromatic N) is 1. The minimum absolute atomic E-state index is 0.0376. The molecule has 2 amide bonds. The molecule has 1 aromatic carbocycles. The molecule has 0 atom stereocenters. The molecule has 0 spiro atoms. The highest BCUT2D eigenvalue weighted by molar-refractivity contribution is 6.00. The van der Waals surface area contributed by atoms with E-state index in [1.807, 2.05) is 57.7 Å². The molecule has 0 saturated heterocycles. The highest BCUT2D eigenvalue weighted by Gasteiger charge is 2.32. The second kappa shape index (κ2) is 6.73. The van der Waals surface area contributed by atoms with Crippen LogP contribution in [0.1, 0.15) is 53.0 Å². The Labute approximate surface area is 139 Å². The van der Waals surface area contributed by atoms with Crippen molar-refractivity contribution in [2.24, 2.45) is 11.3 Å². The molecular weight excluding hydrogens is 288 g/mol. The Morgan fingerprint density at radius 3 is 2.43 bits per heavy atom. The molecule has 0 unspecified atom stereocenters. The summed E-state index contributed by atoms with van der Waals surface area (Å²) in [5.41, 5.74) is 2.47. The van der Waals surface area contributed by atoms with Crippen molar-refractivity contribution in [2.45, 2.75) is 53.9 Å². The maximum Gasteiger partial charge on any atom is 0.232 e. The van der Waals surface area contributed by atoms with Crippen LogP contribution < -0.4 is 10.2 Å². The molecule has 0 saturated carbocycles. The fraction of sp³-hybridized carbons (Fsp3) is 0.579. The SMILES string of the molecule is CCC(CC)C(=O)Nc1ccc2c(c1)N(C(=O)C(C)(C)C)CC2. The van der Waals surface area contributed by atoms with Crippen molar-refractivity contribution >= 4 is 23.2 Å². The van der Waals surface area contributed by atoms with E-state index in [2.05, 4.69) is 5.32 Å². The largest absolute Gasteiger partial charge is 0.326 e. The lowest BCUT2D eigenvalue weighted by atomic mass is 9.94. The number of hydrogen-bond acceptors (Lipinski definition) is 2. The van der Waals surface area contributed by atoms with E-state index in [0.717, 1.165) is 37.2 Å². The summed E-state index contributed by atoms with van der Waals surface area (Å²) >= 11 is 0. The maximum atomic E-state index is 12.6. The van der Waals surface area contributed by atoms with Gasteiger partial charge in [0.05, 0.1) is 0 Å². The Kier molecular flexibility index (Phi) is 5.12. The molecule has 1 heterocycles. The van der Waals surface area contributed by atoms with E-state index >= 15 is 0 Å². The smallest absolute Gasteiger partial charge is 0.232 e. The molecular formula is C19H28N2O2. The van der Waals surface area contributed by atoms with Crippen LogP contribution in [-0.4, -0.2) is 18.4 Å². The van der Waals surface area contributed by atoms with E-state index in [1.54, 1.807) is 0 Å². The van der Waals surface area contributed by atoms with Gasteiger partial charge >= 0.3 is 0 Å². The van der Waals surface area contributed by atoms with Gasteiger partial charge in [0.1, 0.15) is 0 Å². The standard InChI is InChI=1S/C19H28N2O2/c1-6-13(7-2)17(22)20-15-9-8-14-10-11-21(16(14)12-15)18(23)19(3,4)5/h8-9,12-13H,6-7,10-11H2,1-5H3,(H,20,22). The van der Waals surface area contributed by atoms with Crippen LogP contribution >= 0.6 is 0 Å². The third-order valence-electron chi connectivity index (χ3n) is 4.49. The van der Waals surface area contributed by atoms with Gasteiger partial charge in [0.15, 0.2) is 0 Å². The Bertz CT molecular complexity index is 598. The van der Waals surface area contributed by atoms with Crippen LogP contribution in [0.15, 0.2) is 18.2 Å². The average molecular weight is 316 g/mol. The van der Waals surface area contributed by atoms with Crippen LogP contribution in [0.4, 0.5) is 11.4 Å². The third-order valence-corrected chi connectivity index (χ3v) is 4.49. The van der Waals surface area contributed by atoms with Gasteiger partial charge in [-0.2, -0.15) is 0 Å². The van der Waals surface area contributed by atoms with E-state index in [0.29, 0.717) is 0 Å². The summed E-state index contributed by atoms with van der Waals surface area (Å²) in [5.74, 6) is 0.219. The highest BCUT2D eigenvalue weighted by Crippen LogP contribution is 2.34. The minimum atomic E-state index is -0.406. The predicted molar refractivity (Wildman–Crippen MR) is 94.7 cm³/mol. The molecule has 23 heavy (non-hydrogen) atoms. The van der Waals surface area contributed by atoms with Gasteiger partial charge in [-0.25, -0.2) is 0 Å². The summed E-state index contributed by atoms with van der Waals surface area (Å²) in [6.07, 6.45) is 2.54. The third kappa shape index (κ3) is 3.74. The van der Waals surface area contributed by atoms with Gasteiger partial charge < -0.3 is 10.2 Å². The number of carbonyl (C=O) groups excluding carboxylic acids is 2. The monoisotopic (exact) mass is 316 g/mol. The minimum Gasteiger partial charge on any atom is -0.326 e. The van der Waals surface area contributed by atoms with Gasteiger partial charge in [0.25, 0.3) is 0 Å². The molecule has 1 aromatic rings. The van der Waals surface area contributed by atoms with Crippen LogP contribution in [0.5, 0.6) is 0 Å². The lowest BCUT2D eigenvalue weighted by molar-refractivity contribution is -0.125. The van der Waals surface area contributed by atoms with Crippen molar-refractivity contribution in [1.29, 1.82) is 0 Å². The van der Waals surface area contributed by atoms with Crippen LogP contribution in [0.3, 0.4) is 0 Å². The first-order chi connectivity index (χ1) is 10.8. The van der Waals surface area contributed by atoms with Crippen molar-refractivity contribution < 1.29 is 9.59 Å². The van der Waals surface area contributed by atoms with Crippen molar-refractivity contribution in [3.63, 3.8) is 0 Å². The van der Waals surface area contributed by atoms with E-state index in [4.69, 9.17) is 0 Å². The summed E-state index contributed by atoms with van der Waals surface area (Å²) in [7, 11) is 0. The highest BCUT2D eigenvalue weighted by atomic mass is 16.2. The van der Waals surface area contributed by atoms with Gasteiger partial charge in [-0.05, 0) is 37.0 Å². The number of rotatable bonds is 4. The van der Waals surface area contributed by atoms with E-state index < -0.39 is 5.41 Å². The zero-order valence-corrected chi connectivity index (χ0v) is 14.9. The fourth-order valence-electron chi connectivity index (χ4n) is 2.98. The molecule has 1 N–H and O–H groups in total. The molecule has 0 bridgehead atoms. The Hall–Kier alpha value is -1.84. The Morgan fingerprint density at radius 2 is 1.87 bits per heavy atom. The number of fused-ring (bicyclic) bond motifs is 1. The van der Waals surface area contributed by atoms with E-state index in [1.165, 1.54) is 5.56 Å². The topological polar surface area (TPSA) is 49.4 Å². The van der Waals surface area contributed by atoms with Crippen LogP contribution in [0.25, 0.3) is 0 Å². The van der Waals surface area contributed by atoms with Gasteiger partial charge in [-0.1, -0.05) is 40.7 Å². The number of benzene rings is 1. The Balaban J connectivity index is 2.22. The van der Waals surface area contributed by atoms with Crippen molar-refractivity contribution in [3.05, 3.63) is 23.8 Å². The maximum absolute atomic E-state index is 12.6. The zero-order chi connectivity index (χ0) is 17.2. The van der Waals surface area contributed by atoms with E-state index in [9.17, 15) is 9.59 Å². The fourth-order valence-corrected chi connectivity index (χ4v) is 2.98. The van der Waals surface area contributed by atoms with Crippen molar-refractivity contribution in [3.8, 4) is 0 Å². The molecule has 1 aliphatic rings. The van der Waals surface area contributed by atoms with E-state index in [-0.39, 0.29) is 17.7 Å². The summed E-state index contributed by atoms with van der Waals surface area (Å²) < 4.78 is 0. The molecule has 0 aliphatic carbocycles. The Morgan fingerprint density at radius 1 is 1.22 bits per heavy atom. The average Bonchev–Trinajstić information content (AvgIpc) is 2.89. The molecule has 2 rings (SSSR count). The molecule has 4 heteroatoms. The predicted octanol–water partition coefficient (Wildman–Crippen LogP) is 4.00. The molecule has 0 radical (unpaired) electrons. The number of carbonyl (C=O) groups is 2. The normalized spacial score (nSPS) is 14.1. The molecule has 126 valence electrons. The van der Waals surface area contributed by atoms with Gasteiger partial charge in [-0.3, -0.25) is 9.59 Å². The number of amides is 2. The van der Waals surface area contributed by atoms with Crippen molar-refractivity contribution in [1.82, 2.24) is 0 Å². The van der Waals surface area contributed by atoms with Gasteiger partial charge in [0, 0.05) is 29.3 Å². The molecule has 4 nitrogen and oxygen atoms in total. The van der Waals surface area contributed by atoms with Crippen LogP contribution in [0, 0.1) is 11.3 Å². The van der Waals surface area contributed by atoms with Crippen molar-refractivity contribution in [2.75, 3.05) is 16.8 Å².